The number of H-pyrrole nitrogens is 1. The molecular weight excluding hydrogens is 527 g/mol. The Kier molecular flexibility index (Phi) is 8.34. The number of aliphatic hydroxyl groups is 1. The third-order valence-corrected chi connectivity index (χ3v) is 5.42. The van der Waals surface area contributed by atoms with E-state index in [4.69, 9.17) is 25.4 Å². The topological polar surface area (TPSA) is 203 Å². The number of aromatic nitrogens is 5. The highest BCUT2D eigenvalue weighted by Gasteiger charge is 2.27. The lowest BCUT2D eigenvalue weighted by molar-refractivity contribution is -0.131. The summed E-state index contributed by atoms with van der Waals surface area (Å²) in [6, 6.07) is 7.43. The third-order valence-electron chi connectivity index (χ3n) is 5.42. The number of nitrogens with one attached hydrogen (secondary N) is 3. The monoisotopic (exact) mass is 552 g/mol. The maximum absolute atomic E-state index is 15.8. The standard InChI is InChI=1S/C25H25FN8O6/c1-13(36)40-18-10-14(4-5-16(18)22(27)28)31-21(17-11-15(38-2)12-19(20(17)26)39-9-8-35)23-32-25(37)34(33-23)24-29-6-3-7-30-24/h3-7,10-12,21,31,35H,8-9H2,1-2H3,(H3,27,28)(H,32,33,37). The lowest BCUT2D eigenvalue weighted by atomic mass is 10.0. The van der Waals surface area contributed by atoms with Gasteiger partial charge in [-0.1, -0.05) is 0 Å². The van der Waals surface area contributed by atoms with Crippen molar-refractivity contribution < 1.29 is 28.5 Å². The van der Waals surface area contributed by atoms with E-state index in [9.17, 15) is 14.7 Å². The van der Waals surface area contributed by atoms with Crippen LogP contribution in [0.25, 0.3) is 5.95 Å². The number of nitrogens with two attached hydrogens (primary N) is 1. The Morgan fingerprint density at radius 2 is 2.00 bits per heavy atom. The number of esters is 1. The molecule has 0 aliphatic heterocycles. The molecule has 0 aliphatic carbocycles. The van der Waals surface area contributed by atoms with Crippen molar-refractivity contribution in [2.45, 2.75) is 13.0 Å². The van der Waals surface area contributed by atoms with E-state index >= 15 is 4.39 Å². The van der Waals surface area contributed by atoms with Gasteiger partial charge in [0.25, 0.3) is 5.95 Å². The molecule has 40 heavy (non-hydrogen) atoms. The summed E-state index contributed by atoms with van der Waals surface area (Å²) in [5.41, 5.74) is 5.32. The summed E-state index contributed by atoms with van der Waals surface area (Å²) in [4.78, 5) is 35.1. The van der Waals surface area contributed by atoms with Gasteiger partial charge in [-0.3, -0.25) is 15.2 Å². The minimum atomic E-state index is -1.18. The SMILES string of the molecule is COc1cc(OCCO)c(F)c(C(Nc2ccc(C(=N)N)c(OC(C)=O)c2)c2nn(-c3ncccn3)c(=O)[nH]2)c1. The van der Waals surface area contributed by atoms with E-state index in [0.29, 0.717) is 0 Å². The average molecular weight is 553 g/mol. The molecule has 1 unspecified atom stereocenters. The van der Waals surface area contributed by atoms with Gasteiger partial charge in [-0.25, -0.2) is 19.2 Å². The first-order valence-corrected chi connectivity index (χ1v) is 11.7. The van der Waals surface area contributed by atoms with Crippen LogP contribution in [0.15, 0.2) is 53.6 Å². The number of hydrogen-bond acceptors (Lipinski definition) is 11. The van der Waals surface area contributed by atoms with Crippen LogP contribution < -0.4 is 31.0 Å². The zero-order chi connectivity index (χ0) is 28.8. The van der Waals surface area contributed by atoms with Crippen molar-refractivity contribution in [2.24, 2.45) is 5.73 Å². The number of benzene rings is 2. The minimum absolute atomic E-state index is 0.0152. The lowest BCUT2D eigenvalue weighted by Crippen LogP contribution is -2.19. The van der Waals surface area contributed by atoms with E-state index in [1.807, 2.05) is 0 Å². The van der Waals surface area contributed by atoms with E-state index < -0.39 is 23.5 Å². The maximum Gasteiger partial charge on any atom is 0.350 e. The predicted molar refractivity (Wildman–Crippen MR) is 140 cm³/mol. The first-order chi connectivity index (χ1) is 19.2. The highest BCUT2D eigenvalue weighted by atomic mass is 19.1. The Morgan fingerprint density at radius 1 is 1.25 bits per heavy atom. The number of carbonyl (C=O) groups is 1. The van der Waals surface area contributed by atoms with E-state index in [1.165, 1.54) is 56.8 Å². The van der Waals surface area contributed by atoms with Gasteiger partial charge >= 0.3 is 11.7 Å². The first kappa shape index (κ1) is 27.7. The Labute approximate surface area is 226 Å². The quantitative estimate of drug-likeness (QED) is 0.0776. The van der Waals surface area contributed by atoms with E-state index in [-0.39, 0.29) is 64.9 Å². The van der Waals surface area contributed by atoms with E-state index in [1.54, 1.807) is 6.07 Å². The first-order valence-electron chi connectivity index (χ1n) is 11.7. The number of ether oxygens (including phenoxy) is 3. The van der Waals surface area contributed by atoms with Crippen molar-refractivity contribution in [3.05, 3.63) is 82.0 Å². The number of aromatic amines is 1. The fourth-order valence-corrected chi connectivity index (χ4v) is 3.72. The number of carbonyl (C=O) groups excluding carboxylic acids is 1. The van der Waals surface area contributed by atoms with Gasteiger partial charge in [0, 0.05) is 42.7 Å². The molecule has 2 aromatic carbocycles. The van der Waals surface area contributed by atoms with Gasteiger partial charge in [-0.15, -0.1) is 9.78 Å². The Hall–Kier alpha value is -5.31. The van der Waals surface area contributed by atoms with Crippen LogP contribution in [0, 0.1) is 11.2 Å². The van der Waals surface area contributed by atoms with Crippen LogP contribution >= 0.6 is 0 Å². The van der Waals surface area contributed by atoms with Gasteiger partial charge < -0.3 is 30.4 Å². The minimum Gasteiger partial charge on any atom is -0.497 e. The zero-order valence-electron chi connectivity index (χ0n) is 21.3. The highest BCUT2D eigenvalue weighted by Crippen LogP contribution is 2.35. The second-order valence-electron chi connectivity index (χ2n) is 8.17. The summed E-state index contributed by atoms with van der Waals surface area (Å²) in [7, 11) is 1.38. The molecule has 0 spiro atoms. The smallest absolute Gasteiger partial charge is 0.350 e. The van der Waals surface area contributed by atoms with Crippen LogP contribution in [0.3, 0.4) is 0 Å². The van der Waals surface area contributed by atoms with Gasteiger partial charge in [-0.05, 0) is 24.3 Å². The van der Waals surface area contributed by atoms with Gasteiger partial charge in [0.1, 0.15) is 30.0 Å². The molecule has 2 aromatic heterocycles. The predicted octanol–water partition coefficient (Wildman–Crippen LogP) is 1.28. The lowest BCUT2D eigenvalue weighted by Gasteiger charge is -2.21. The molecular formula is C25H25FN8O6. The fourth-order valence-electron chi connectivity index (χ4n) is 3.72. The number of nitrogen functional groups attached to an aromatic ring is 1. The van der Waals surface area contributed by atoms with E-state index in [2.05, 4.69) is 25.4 Å². The summed E-state index contributed by atoms with van der Waals surface area (Å²) in [5.74, 6) is -1.87. The Balaban J connectivity index is 1.88. The highest BCUT2D eigenvalue weighted by molar-refractivity contribution is 5.98. The normalized spacial score (nSPS) is 11.5. The number of amidine groups is 1. The molecule has 6 N–H and O–H groups in total. The molecule has 0 saturated heterocycles. The van der Waals surface area contributed by atoms with Crippen molar-refractivity contribution in [3.63, 3.8) is 0 Å². The molecule has 0 aliphatic rings. The van der Waals surface area contributed by atoms with Gasteiger partial charge in [0.2, 0.25) is 0 Å². The number of halogens is 1. The number of aliphatic hydroxyl groups excluding tert-OH is 1. The van der Waals surface area contributed by atoms with Crippen LogP contribution in [0.5, 0.6) is 17.2 Å². The molecule has 4 aromatic rings. The van der Waals surface area contributed by atoms with Gasteiger partial charge in [0.15, 0.2) is 17.4 Å². The Morgan fingerprint density at radius 3 is 2.65 bits per heavy atom. The number of anilines is 1. The molecule has 0 bridgehead atoms. The van der Waals surface area contributed by atoms with Crippen molar-refractivity contribution in [3.8, 4) is 23.2 Å². The van der Waals surface area contributed by atoms with Crippen molar-refractivity contribution in [1.82, 2.24) is 24.7 Å². The van der Waals surface area contributed by atoms with Crippen molar-refractivity contribution in [1.29, 1.82) is 5.41 Å². The average Bonchev–Trinajstić information content (AvgIpc) is 3.32. The number of methoxy groups -OCH3 is 1. The summed E-state index contributed by atoms with van der Waals surface area (Å²) < 4.78 is 32.6. The molecule has 1 atom stereocenters. The fraction of sp³-hybridized carbons (Fsp3) is 0.200. The molecule has 0 radical (unpaired) electrons. The summed E-state index contributed by atoms with van der Waals surface area (Å²) in [6.07, 6.45) is 2.86. The molecule has 14 nitrogen and oxygen atoms in total. The van der Waals surface area contributed by atoms with Crippen LogP contribution in [-0.4, -0.2) is 62.0 Å². The zero-order valence-corrected chi connectivity index (χ0v) is 21.3. The van der Waals surface area contributed by atoms with Gasteiger partial charge in [0.05, 0.1) is 19.3 Å². The maximum atomic E-state index is 15.8. The van der Waals surface area contributed by atoms with Crippen LogP contribution in [0.2, 0.25) is 0 Å². The Bertz CT molecular complexity index is 1590. The molecule has 2 heterocycles. The van der Waals surface area contributed by atoms with Gasteiger partial charge in [-0.2, -0.15) is 0 Å². The molecule has 15 heteroatoms. The molecule has 208 valence electrons. The largest absolute Gasteiger partial charge is 0.497 e. The third kappa shape index (κ3) is 6.05. The second-order valence-corrected chi connectivity index (χ2v) is 8.17. The second kappa shape index (κ2) is 12.0. The molecule has 4 rings (SSSR count). The number of hydrogen-bond donors (Lipinski definition) is 5. The van der Waals surface area contributed by atoms with Crippen LogP contribution in [0.4, 0.5) is 10.1 Å². The van der Waals surface area contributed by atoms with Crippen LogP contribution in [-0.2, 0) is 4.79 Å². The van der Waals surface area contributed by atoms with E-state index in [0.717, 1.165) is 4.68 Å². The summed E-state index contributed by atoms with van der Waals surface area (Å²) >= 11 is 0. The molecule has 0 saturated carbocycles. The molecule has 0 amide bonds. The summed E-state index contributed by atoms with van der Waals surface area (Å²) in [6.45, 7) is 0.649. The number of nitrogens with zero attached hydrogens (tertiary/aromatic N) is 4. The summed E-state index contributed by atoms with van der Waals surface area (Å²) in [5, 5.41) is 24.3. The van der Waals surface area contributed by atoms with Crippen molar-refractivity contribution >= 4 is 17.5 Å². The van der Waals surface area contributed by atoms with Crippen LogP contribution in [0.1, 0.15) is 29.9 Å². The molecule has 0 fully saturated rings. The number of rotatable bonds is 11. The van der Waals surface area contributed by atoms with Crippen molar-refractivity contribution in [2.75, 3.05) is 25.6 Å².